The third-order valence-corrected chi connectivity index (χ3v) is 3.29. The number of hydrogen-bond acceptors (Lipinski definition) is 3. The maximum atomic E-state index is 12.8. The zero-order valence-corrected chi connectivity index (χ0v) is 11.6. The normalized spacial score (nSPS) is 10.6. The van der Waals surface area contributed by atoms with Crippen LogP contribution in [0.1, 0.15) is 15.9 Å². The number of halogens is 1. The van der Waals surface area contributed by atoms with Crippen LogP contribution in [-0.4, -0.2) is 5.91 Å². The maximum Gasteiger partial charge on any atom is 0.257 e. The quantitative estimate of drug-likeness (QED) is 0.780. The summed E-state index contributed by atoms with van der Waals surface area (Å²) in [7, 11) is 0. The van der Waals surface area contributed by atoms with E-state index in [1.54, 1.807) is 30.3 Å². The van der Waals surface area contributed by atoms with Crippen molar-refractivity contribution in [1.82, 2.24) is 5.32 Å². The predicted octanol–water partition coefficient (Wildman–Crippen LogP) is 2.98. The molecule has 110 valence electrons. The Balaban J connectivity index is 1.81. The molecule has 0 bridgehead atoms. The van der Waals surface area contributed by atoms with Gasteiger partial charge in [-0.25, -0.2) is 4.39 Å². The number of rotatable bonds is 3. The molecule has 0 radical (unpaired) electrons. The zero-order valence-electron chi connectivity index (χ0n) is 11.6. The second-order valence-electron chi connectivity index (χ2n) is 4.84. The molecule has 0 atom stereocenters. The van der Waals surface area contributed by atoms with Gasteiger partial charge in [0, 0.05) is 11.9 Å². The van der Waals surface area contributed by atoms with Gasteiger partial charge in [-0.2, -0.15) is 0 Å². The van der Waals surface area contributed by atoms with Crippen molar-refractivity contribution in [1.29, 1.82) is 5.41 Å². The summed E-state index contributed by atoms with van der Waals surface area (Å²) >= 11 is 0. The summed E-state index contributed by atoms with van der Waals surface area (Å²) in [6.45, 7) is 0.255. The average Bonchev–Trinajstić information content (AvgIpc) is 2.53. The third kappa shape index (κ3) is 2.88. The molecule has 0 spiro atoms. The molecule has 3 rings (SSSR count). The third-order valence-electron chi connectivity index (χ3n) is 3.29. The van der Waals surface area contributed by atoms with E-state index in [1.165, 1.54) is 12.1 Å². The van der Waals surface area contributed by atoms with E-state index in [0.29, 0.717) is 5.58 Å². The van der Waals surface area contributed by atoms with Gasteiger partial charge in [0.05, 0.1) is 0 Å². The van der Waals surface area contributed by atoms with Crippen molar-refractivity contribution in [2.45, 2.75) is 6.54 Å². The SMILES string of the molecule is N=c1oc2ccccc2cc1C(=O)NCc1ccc(F)cc1. The van der Waals surface area contributed by atoms with E-state index >= 15 is 0 Å². The molecule has 0 unspecified atom stereocenters. The van der Waals surface area contributed by atoms with Gasteiger partial charge in [0.15, 0.2) is 0 Å². The second kappa shape index (κ2) is 5.81. The lowest BCUT2D eigenvalue weighted by Gasteiger charge is -2.06. The first-order valence-electron chi connectivity index (χ1n) is 6.73. The van der Waals surface area contributed by atoms with Crippen LogP contribution in [-0.2, 0) is 6.54 Å². The molecule has 0 saturated carbocycles. The number of fused-ring (bicyclic) bond motifs is 1. The maximum absolute atomic E-state index is 12.8. The van der Waals surface area contributed by atoms with Gasteiger partial charge in [0.2, 0.25) is 5.55 Å². The first-order valence-corrected chi connectivity index (χ1v) is 6.73. The molecular formula is C17H13FN2O2. The van der Waals surface area contributed by atoms with Gasteiger partial charge in [0.1, 0.15) is 17.0 Å². The molecule has 0 aliphatic heterocycles. The van der Waals surface area contributed by atoms with Crippen LogP contribution in [0.3, 0.4) is 0 Å². The van der Waals surface area contributed by atoms with Gasteiger partial charge in [0.25, 0.3) is 5.91 Å². The Kier molecular flexibility index (Phi) is 3.70. The Morgan fingerprint density at radius 2 is 1.86 bits per heavy atom. The van der Waals surface area contributed by atoms with Crippen LogP contribution < -0.4 is 10.9 Å². The standard InChI is InChI=1S/C17H13FN2O2/c18-13-7-5-11(6-8-13)10-20-17(21)14-9-12-3-1-2-4-15(12)22-16(14)19/h1-9,19H,10H2,(H,20,21). The number of benzene rings is 2. The monoisotopic (exact) mass is 296 g/mol. The van der Waals surface area contributed by atoms with Crippen LogP contribution >= 0.6 is 0 Å². The van der Waals surface area contributed by atoms with E-state index < -0.39 is 5.91 Å². The van der Waals surface area contributed by atoms with Gasteiger partial charge in [-0.05, 0) is 29.8 Å². The summed E-state index contributed by atoms with van der Waals surface area (Å²) in [5.74, 6) is -0.722. The van der Waals surface area contributed by atoms with Crippen molar-refractivity contribution in [2.75, 3.05) is 0 Å². The smallest absolute Gasteiger partial charge is 0.257 e. The summed E-state index contributed by atoms with van der Waals surface area (Å²) < 4.78 is 18.2. The Morgan fingerprint density at radius 1 is 1.14 bits per heavy atom. The number of para-hydroxylation sites is 1. The lowest BCUT2D eigenvalue weighted by molar-refractivity contribution is 0.0946. The van der Waals surface area contributed by atoms with E-state index in [1.807, 2.05) is 12.1 Å². The van der Waals surface area contributed by atoms with Crippen molar-refractivity contribution >= 4 is 16.9 Å². The van der Waals surface area contributed by atoms with Gasteiger partial charge < -0.3 is 9.73 Å². The number of carbonyl (C=O) groups is 1. The average molecular weight is 296 g/mol. The van der Waals surface area contributed by atoms with Crippen LogP contribution in [0.5, 0.6) is 0 Å². The van der Waals surface area contributed by atoms with Gasteiger partial charge >= 0.3 is 0 Å². The van der Waals surface area contributed by atoms with E-state index in [4.69, 9.17) is 9.83 Å². The highest BCUT2D eigenvalue weighted by Crippen LogP contribution is 2.12. The molecule has 5 heteroatoms. The van der Waals surface area contributed by atoms with Crippen molar-refractivity contribution in [3.8, 4) is 0 Å². The highest BCUT2D eigenvalue weighted by atomic mass is 19.1. The van der Waals surface area contributed by atoms with Crippen molar-refractivity contribution in [2.24, 2.45) is 0 Å². The van der Waals surface area contributed by atoms with E-state index in [2.05, 4.69) is 5.32 Å². The van der Waals surface area contributed by atoms with E-state index in [0.717, 1.165) is 10.9 Å². The molecule has 0 aliphatic carbocycles. The fraction of sp³-hybridized carbons (Fsp3) is 0.0588. The highest BCUT2D eigenvalue weighted by molar-refractivity contribution is 5.96. The zero-order chi connectivity index (χ0) is 15.5. The molecular weight excluding hydrogens is 283 g/mol. The number of amides is 1. The van der Waals surface area contributed by atoms with Crippen molar-refractivity contribution in [3.63, 3.8) is 0 Å². The van der Waals surface area contributed by atoms with Crippen LogP contribution in [0.4, 0.5) is 4.39 Å². The van der Waals surface area contributed by atoms with E-state index in [-0.39, 0.29) is 23.5 Å². The number of carbonyl (C=O) groups excluding carboxylic acids is 1. The summed E-state index contributed by atoms with van der Waals surface area (Å²) in [5, 5.41) is 11.3. The van der Waals surface area contributed by atoms with Crippen LogP contribution in [0.15, 0.2) is 59.0 Å². The van der Waals surface area contributed by atoms with Crippen LogP contribution in [0.2, 0.25) is 0 Å². The molecule has 22 heavy (non-hydrogen) atoms. The number of nitrogens with one attached hydrogen (secondary N) is 2. The van der Waals surface area contributed by atoms with Gasteiger partial charge in [-0.3, -0.25) is 10.2 Å². The summed E-state index contributed by atoms with van der Waals surface area (Å²) in [6, 6.07) is 14.7. The molecule has 2 N–H and O–H groups in total. The Bertz CT molecular complexity index is 885. The molecule has 1 heterocycles. The first kappa shape index (κ1) is 14.0. The molecule has 0 fully saturated rings. The predicted molar refractivity (Wildman–Crippen MR) is 79.6 cm³/mol. The molecule has 3 aromatic rings. The van der Waals surface area contributed by atoms with E-state index in [9.17, 15) is 9.18 Å². The Hall–Kier alpha value is -2.95. The fourth-order valence-electron chi connectivity index (χ4n) is 2.13. The minimum absolute atomic E-state index is 0.167. The van der Waals surface area contributed by atoms with Crippen molar-refractivity contribution < 1.29 is 13.6 Å². The topological polar surface area (TPSA) is 66.1 Å². The minimum Gasteiger partial charge on any atom is -0.438 e. The molecule has 0 aliphatic rings. The number of hydrogen-bond donors (Lipinski definition) is 2. The lowest BCUT2D eigenvalue weighted by Crippen LogP contribution is -2.27. The van der Waals surface area contributed by atoms with Crippen LogP contribution in [0, 0.1) is 11.2 Å². The molecule has 1 amide bonds. The second-order valence-corrected chi connectivity index (χ2v) is 4.84. The fourth-order valence-corrected chi connectivity index (χ4v) is 2.13. The summed E-state index contributed by atoms with van der Waals surface area (Å²) in [4.78, 5) is 12.2. The Morgan fingerprint density at radius 3 is 2.64 bits per heavy atom. The lowest BCUT2D eigenvalue weighted by atomic mass is 10.1. The molecule has 0 saturated heterocycles. The minimum atomic E-state index is -0.399. The summed E-state index contributed by atoms with van der Waals surface area (Å²) in [6.07, 6.45) is 0. The van der Waals surface area contributed by atoms with Crippen molar-refractivity contribution in [3.05, 3.63) is 77.1 Å². The largest absolute Gasteiger partial charge is 0.438 e. The summed E-state index contributed by atoms with van der Waals surface area (Å²) in [5.41, 5.74) is 1.32. The Labute approximate surface area is 125 Å². The first-order chi connectivity index (χ1) is 10.6. The van der Waals surface area contributed by atoms with Gasteiger partial charge in [-0.1, -0.05) is 30.3 Å². The molecule has 2 aromatic carbocycles. The highest BCUT2D eigenvalue weighted by Gasteiger charge is 2.11. The van der Waals surface area contributed by atoms with Crippen LogP contribution in [0.25, 0.3) is 11.0 Å². The van der Waals surface area contributed by atoms with Gasteiger partial charge in [-0.15, -0.1) is 0 Å². The molecule has 4 nitrogen and oxygen atoms in total. The molecule has 1 aromatic heterocycles.